The predicted molar refractivity (Wildman–Crippen MR) is 180 cm³/mol. The summed E-state index contributed by atoms with van der Waals surface area (Å²) in [7, 11) is 4.75. The molecular weight excluding hydrogens is 769 g/mol. The number of hydrogen-bond donors (Lipinski definition) is 1. The third kappa shape index (κ3) is 12.5. The van der Waals surface area contributed by atoms with Gasteiger partial charge in [0, 0.05) is 36.7 Å². The van der Waals surface area contributed by atoms with Gasteiger partial charge in [-0.3, -0.25) is 9.97 Å². The molecule has 0 spiro atoms. The number of carbonyl (C=O) groups is 2. The molecule has 2 heterocycles. The maximum atomic E-state index is 14.2. The number of hydrogen-bond acceptors (Lipinski definition) is 13. The van der Waals surface area contributed by atoms with Crippen LogP contribution < -0.4 is 28.4 Å². The zero-order valence-electron chi connectivity index (χ0n) is 30.8. The van der Waals surface area contributed by atoms with Gasteiger partial charge >= 0.3 is 24.7 Å². The Labute approximate surface area is 314 Å². The van der Waals surface area contributed by atoms with Crippen LogP contribution in [0.4, 0.5) is 30.7 Å². The van der Waals surface area contributed by atoms with Crippen molar-refractivity contribution in [1.82, 2.24) is 9.97 Å². The van der Waals surface area contributed by atoms with Gasteiger partial charge in [0.05, 0.1) is 39.8 Å². The number of alkyl halides is 7. The van der Waals surface area contributed by atoms with E-state index in [1.165, 1.54) is 73.4 Å². The molecule has 56 heavy (non-hydrogen) atoms. The topological polar surface area (TPSA) is 154 Å². The predicted octanol–water partition coefficient (Wildman–Crippen LogP) is 8.57. The van der Waals surface area contributed by atoms with Crippen LogP contribution in [0.2, 0.25) is 0 Å². The van der Waals surface area contributed by atoms with E-state index in [1.54, 1.807) is 0 Å². The molecule has 2 aromatic heterocycles. The second kappa shape index (κ2) is 17.6. The molecule has 0 radical (unpaired) electrons. The Kier molecular flexibility index (Phi) is 13.9. The molecule has 0 saturated carbocycles. The minimum atomic E-state index is -4.88. The molecular formula is C36H35F7N2O11. The third-order valence-corrected chi connectivity index (χ3v) is 6.96. The van der Waals surface area contributed by atoms with E-state index in [0.29, 0.717) is 0 Å². The summed E-state index contributed by atoms with van der Waals surface area (Å²) in [5, 5.41) is 10.1. The first-order valence-corrected chi connectivity index (χ1v) is 15.7. The van der Waals surface area contributed by atoms with Crippen molar-refractivity contribution in [2.75, 3.05) is 28.4 Å². The highest BCUT2D eigenvalue weighted by Gasteiger charge is 2.33. The number of ether oxygens (including phenoxy) is 8. The lowest BCUT2D eigenvalue weighted by molar-refractivity contribution is -0.275. The van der Waals surface area contributed by atoms with E-state index in [1.807, 2.05) is 0 Å². The fourth-order valence-electron chi connectivity index (χ4n) is 4.32. The molecule has 0 aliphatic rings. The van der Waals surface area contributed by atoms with Crippen LogP contribution in [0, 0.1) is 0 Å². The first-order valence-electron chi connectivity index (χ1n) is 15.7. The molecule has 2 aromatic carbocycles. The van der Waals surface area contributed by atoms with Gasteiger partial charge in [0.2, 0.25) is 0 Å². The van der Waals surface area contributed by atoms with Crippen LogP contribution in [-0.4, -0.2) is 68.2 Å². The summed E-state index contributed by atoms with van der Waals surface area (Å²) < 4.78 is 127. The number of esters is 2. The summed E-state index contributed by atoms with van der Waals surface area (Å²) in [6.07, 6.45) is -7.48. The van der Waals surface area contributed by atoms with Gasteiger partial charge in [-0.15, -0.1) is 26.3 Å². The van der Waals surface area contributed by atoms with Crippen molar-refractivity contribution in [1.29, 1.82) is 0 Å². The Bertz CT molecular complexity index is 1870. The number of carbonyl (C=O) groups excluding carboxylic acids is 2. The van der Waals surface area contributed by atoms with Crippen LogP contribution in [0.5, 0.6) is 46.0 Å². The van der Waals surface area contributed by atoms with Crippen LogP contribution >= 0.6 is 0 Å². The number of benzene rings is 2. The van der Waals surface area contributed by atoms with Gasteiger partial charge in [0.25, 0.3) is 0 Å². The lowest BCUT2D eigenvalue weighted by atomic mass is 10.0. The number of methoxy groups -OCH3 is 4. The largest absolute Gasteiger partial charge is 0.573 e. The SMILES string of the molecule is COC(=O)c1cnc(C(C)(C)F)cc1Oc1ccc(OC(F)(F)F)cc1OC.COC(=O)c1cnc(C(C)(C)O)cc1Oc1ccc(OC(F)(F)F)cc1OC. The van der Waals surface area contributed by atoms with E-state index in [-0.39, 0.29) is 57.0 Å². The summed E-state index contributed by atoms with van der Waals surface area (Å²) in [4.78, 5) is 31.8. The smallest absolute Gasteiger partial charge is 0.493 e. The van der Waals surface area contributed by atoms with E-state index >= 15 is 0 Å². The number of pyridine rings is 2. The summed E-state index contributed by atoms with van der Waals surface area (Å²) in [5.74, 6) is -2.89. The molecule has 20 heteroatoms. The fourth-order valence-corrected chi connectivity index (χ4v) is 4.32. The van der Waals surface area contributed by atoms with E-state index in [4.69, 9.17) is 18.9 Å². The molecule has 304 valence electrons. The summed E-state index contributed by atoms with van der Waals surface area (Å²) in [6.45, 7) is 5.50. The standard InChI is InChI=1S/C18H17F4NO5.C18H18F3NO6/c1-17(2,19)15-8-13(11(9-23-15)16(24)26-4)27-12-6-5-10(7-14(12)25-3)28-18(20,21)22;1-17(2,24)15-8-13(11(9-22-15)16(23)26-4)27-12-6-5-10(7-14(12)25-3)28-18(19,20)21/h5-9H,1-4H3;5-9,24H,1-4H3. The van der Waals surface area contributed by atoms with Crippen molar-refractivity contribution >= 4 is 11.9 Å². The Balaban J connectivity index is 0.000000300. The van der Waals surface area contributed by atoms with Crippen LogP contribution in [0.3, 0.4) is 0 Å². The molecule has 0 aliphatic carbocycles. The van der Waals surface area contributed by atoms with Crippen molar-refractivity contribution in [2.24, 2.45) is 0 Å². The molecule has 1 N–H and O–H groups in total. The molecule has 0 saturated heterocycles. The van der Waals surface area contributed by atoms with Gasteiger partial charge in [-0.1, -0.05) is 0 Å². The van der Waals surface area contributed by atoms with Gasteiger partial charge in [-0.05, 0) is 52.0 Å². The second-order valence-electron chi connectivity index (χ2n) is 12.1. The molecule has 0 aliphatic heterocycles. The zero-order valence-corrected chi connectivity index (χ0v) is 30.8. The molecule has 0 fully saturated rings. The van der Waals surface area contributed by atoms with Crippen molar-refractivity contribution < 1.29 is 83.3 Å². The maximum absolute atomic E-state index is 14.2. The first kappa shape index (κ1) is 44.3. The Morgan fingerprint density at radius 3 is 1.25 bits per heavy atom. The molecule has 4 aromatic rings. The number of halogens is 7. The Morgan fingerprint density at radius 1 is 0.554 bits per heavy atom. The lowest BCUT2D eigenvalue weighted by Crippen LogP contribution is -2.18. The number of aromatic nitrogens is 2. The van der Waals surface area contributed by atoms with Crippen molar-refractivity contribution in [2.45, 2.75) is 51.7 Å². The minimum Gasteiger partial charge on any atom is -0.493 e. The minimum absolute atomic E-state index is 0.00933. The van der Waals surface area contributed by atoms with E-state index in [2.05, 4.69) is 28.9 Å². The monoisotopic (exact) mass is 804 g/mol. The van der Waals surface area contributed by atoms with Crippen molar-refractivity contribution in [3.8, 4) is 46.0 Å². The summed E-state index contributed by atoms with van der Waals surface area (Å²) in [6, 6.07) is 8.84. The highest BCUT2D eigenvalue weighted by Crippen LogP contribution is 2.40. The van der Waals surface area contributed by atoms with Crippen molar-refractivity contribution in [3.63, 3.8) is 0 Å². The maximum Gasteiger partial charge on any atom is 0.573 e. The van der Waals surface area contributed by atoms with Gasteiger partial charge < -0.3 is 43.0 Å². The zero-order chi connectivity index (χ0) is 42.2. The van der Waals surface area contributed by atoms with Crippen LogP contribution in [-0.2, 0) is 20.7 Å². The summed E-state index contributed by atoms with van der Waals surface area (Å²) in [5.41, 5.74) is -3.14. The van der Waals surface area contributed by atoms with Crippen LogP contribution in [0.1, 0.15) is 59.8 Å². The normalized spacial score (nSPS) is 11.7. The quantitative estimate of drug-likeness (QED) is 0.108. The van der Waals surface area contributed by atoms with E-state index in [9.17, 15) is 45.4 Å². The molecule has 0 atom stereocenters. The van der Waals surface area contributed by atoms with Gasteiger partial charge in [-0.25, -0.2) is 14.0 Å². The Morgan fingerprint density at radius 2 is 0.929 bits per heavy atom. The fraction of sp³-hybridized carbons (Fsp3) is 0.333. The van der Waals surface area contributed by atoms with Gasteiger partial charge in [0.1, 0.15) is 45.4 Å². The number of rotatable bonds is 12. The highest BCUT2D eigenvalue weighted by atomic mass is 19.4. The average Bonchev–Trinajstić information content (AvgIpc) is 3.10. The molecule has 0 amide bonds. The van der Waals surface area contributed by atoms with Crippen LogP contribution in [0.25, 0.3) is 0 Å². The number of aliphatic hydroxyl groups is 1. The first-order chi connectivity index (χ1) is 25.9. The lowest BCUT2D eigenvalue weighted by Gasteiger charge is -2.19. The molecule has 0 bridgehead atoms. The van der Waals surface area contributed by atoms with Crippen LogP contribution in [0.15, 0.2) is 60.9 Å². The van der Waals surface area contributed by atoms with E-state index < -0.39 is 47.4 Å². The third-order valence-electron chi connectivity index (χ3n) is 6.96. The second-order valence-corrected chi connectivity index (χ2v) is 12.1. The Hall–Kier alpha value is -6.05. The van der Waals surface area contributed by atoms with E-state index in [0.717, 1.165) is 43.6 Å². The number of nitrogens with zero attached hydrogens (tertiary/aromatic N) is 2. The molecule has 4 rings (SSSR count). The van der Waals surface area contributed by atoms with Gasteiger partial charge in [0.15, 0.2) is 23.0 Å². The molecule has 0 unspecified atom stereocenters. The van der Waals surface area contributed by atoms with Crippen molar-refractivity contribution in [3.05, 3.63) is 83.4 Å². The average molecular weight is 805 g/mol. The van der Waals surface area contributed by atoms with Gasteiger partial charge in [-0.2, -0.15) is 0 Å². The highest BCUT2D eigenvalue weighted by molar-refractivity contribution is 5.93. The summed E-state index contributed by atoms with van der Waals surface area (Å²) >= 11 is 0. The molecule has 13 nitrogen and oxygen atoms in total.